The van der Waals surface area contributed by atoms with Crippen molar-refractivity contribution in [2.45, 2.75) is 13.1 Å². The van der Waals surface area contributed by atoms with Gasteiger partial charge in [0.15, 0.2) is 5.78 Å². The van der Waals surface area contributed by atoms with Gasteiger partial charge in [0.05, 0.1) is 16.6 Å². The molecule has 2 aromatic heterocycles. The molecule has 2 heterocycles. The number of ketones is 1. The molecule has 1 amide bonds. The first-order valence-electron chi connectivity index (χ1n) is 9.52. The van der Waals surface area contributed by atoms with E-state index >= 15 is 0 Å². The second-order valence-corrected chi connectivity index (χ2v) is 7.16. The summed E-state index contributed by atoms with van der Waals surface area (Å²) in [5.74, 6) is -3.53. The van der Waals surface area contributed by atoms with Crippen molar-refractivity contribution < 1.29 is 31.5 Å². The Hall–Kier alpha value is -4.08. The van der Waals surface area contributed by atoms with E-state index in [-0.39, 0.29) is 22.5 Å². The van der Waals surface area contributed by atoms with Gasteiger partial charge < -0.3 is 5.32 Å². The van der Waals surface area contributed by atoms with Crippen LogP contribution in [0.2, 0.25) is 0 Å². The zero-order valence-corrected chi connectivity index (χ0v) is 16.9. The van der Waals surface area contributed by atoms with Crippen molar-refractivity contribution in [1.29, 1.82) is 0 Å². The Labute approximate surface area is 183 Å². The van der Waals surface area contributed by atoms with Crippen LogP contribution in [0.3, 0.4) is 0 Å². The van der Waals surface area contributed by atoms with E-state index in [2.05, 4.69) is 10.4 Å². The van der Waals surface area contributed by atoms with E-state index in [0.29, 0.717) is 5.56 Å². The molecule has 0 saturated carbocycles. The molecule has 4 aromatic rings. The van der Waals surface area contributed by atoms with Crippen LogP contribution in [0.25, 0.3) is 16.8 Å². The van der Waals surface area contributed by atoms with Crippen LogP contribution < -0.4 is 5.32 Å². The van der Waals surface area contributed by atoms with Gasteiger partial charge in [0.1, 0.15) is 22.9 Å². The highest BCUT2D eigenvalue weighted by Gasteiger charge is 2.31. The maximum atomic E-state index is 13.9. The minimum atomic E-state index is -4.59. The first-order valence-corrected chi connectivity index (χ1v) is 9.52. The lowest BCUT2D eigenvalue weighted by molar-refractivity contribution is -0.137. The molecule has 0 aliphatic rings. The van der Waals surface area contributed by atoms with Crippen molar-refractivity contribution in [2.24, 2.45) is 0 Å². The van der Waals surface area contributed by atoms with Crippen LogP contribution in [0.1, 0.15) is 33.2 Å². The molecule has 0 saturated heterocycles. The lowest BCUT2D eigenvalue weighted by Crippen LogP contribution is -2.15. The Morgan fingerprint density at radius 3 is 2.24 bits per heavy atom. The minimum absolute atomic E-state index is 0.0901. The summed E-state index contributed by atoms with van der Waals surface area (Å²) in [6.45, 7) is 1.25. The van der Waals surface area contributed by atoms with Crippen molar-refractivity contribution in [3.05, 3.63) is 89.1 Å². The molecular formula is C23H14F5N3O2. The first-order chi connectivity index (χ1) is 15.6. The fraction of sp³-hybridized carbons (Fsp3) is 0.0870. The van der Waals surface area contributed by atoms with Crippen LogP contribution in [-0.2, 0) is 6.18 Å². The number of Topliss-reactive ketones (excluding diaryl/α,β-unsaturated/α-hetero) is 1. The summed E-state index contributed by atoms with van der Waals surface area (Å²) in [4.78, 5) is 24.7. The summed E-state index contributed by atoms with van der Waals surface area (Å²) in [6.07, 6.45) is -3.82. The van der Waals surface area contributed by atoms with Gasteiger partial charge in [-0.1, -0.05) is 18.2 Å². The van der Waals surface area contributed by atoms with Gasteiger partial charge in [-0.2, -0.15) is 18.3 Å². The van der Waals surface area contributed by atoms with E-state index in [1.165, 1.54) is 31.2 Å². The number of benzene rings is 2. The minimum Gasteiger partial charge on any atom is -0.322 e. The number of fused-ring (bicyclic) bond motifs is 1. The number of hydrogen-bond acceptors (Lipinski definition) is 3. The topological polar surface area (TPSA) is 63.5 Å². The van der Waals surface area contributed by atoms with Crippen molar-refractivity contribution in [2.75, 3.05) is 5.32 Å². The van der Waals surface area contributed by atoms with Crippen LogP contribution in [0.5, 0.6) is 0 Å². The first kappa shape index (κ1) is 22.1. The Morgan fingerprint density at radius 1 is 0.939 bits per heavy atom. The summed E-state index contributed by atoms with van der Waals surface area (Å²) in [7, 11) is 0. The lowest BCUT2D eigenvalue weighted by atomic mass is 10.0. The molecule has 0 atom stereocenters. The fourth-order valence-electron chi connectivity index (χ4n) is 3.42. The molecule has 2 aromatic carbocycles. The number of alkyl halides is 3. The van der Waals surface area contributed by atoms with E-state index in [1.807, 2.05) is 0 Å². The monoisotopic (exact) mass is 459 g/mol. The van der Waals surface area contributed by atoms with E-state index in [9.17, 15) is 31.5 Å². The molecule has 0 aliphatic carbocycles. The number of carbonyl (C=O) groups excluding carboxylic acids is 2. The number of carbonyl (C=O) groups is 2. The second kappa shape index (κ2) is 8.12. The van der Waals surface area contributed by atoms with E-state index in [1.54, 1.807) is 0 Å². The quantitative estimate of drug-likeness (QED) is 0.312. The van der Waals surface area contributed by atoms with Crippen molar-refractivity contribution in [3.8, 4) is 11.3 Å². The lowest BCUT2D eigenvalue weighted by Gasteiger charge is -2.08. The molecule has 0 spiro atoms. The van der Waals surface area contributed by atoms with Crippen LogP contribution in [0, 0.1) is 11.6 Å². The third-order valence-corrected chi connectivity index (χ3v) is 4.89. The molecule has 0 radical (unpaired) electrons. The maximum absolute atomic E-state index is 13.9. The van der Waals surface area contributed by atoms with Crippen LogP contribution in [-0.4, -0.2) is 21.3 Å². The highest BCUT2D eigenvalue weighted by molar-refractivity contribution is 6.07. The molecule has 168 valence electrons. The van der Waals surface area contributed by atoms with Gasteiger partial charge >= 0.3 is 6.18 Å². The maximum Gasteiger partial charge on any atom is 0.417 e. The number of nitrogens with one attached hydrogen (secondary N) is 1. The largest absolute Gasteiger partial charge is 0.417 e. The van der Waals surface area contributed by atoms with Gasteiger partial charge in [-0.25, -0.2) is 13.3 Å². The number of halogens is 5. The molecule has 10 heteroatoms. The van der Waals surface area contributed by atoms with Gasteiger partial charge in [0.2, 0.25) is 0 Å². The van der Waals surface area contributed by atoms with E-state index in [0.717, 1.165) is 41.0 Å². The summed E-state index contributed by atoms with van der Waals surface area (Å²) >= 11 is 0. The number of hydrogen-bond donors (Lipinski definition) is 1. The Morgan fingerprint density at radius 2 is 1.61 bits per heavy atom. The normalized spacial score (nSPS) is 11.6. The third-order valence-electron chi connectivity index (χ3n) is 4.89. The average molecular weight is 459 g/mol. The second-order valence-electron chi connectivity index (χ2n) is 7.16. The molecule has 33 heavy (non-hydrogen) atoms. The molecule has 0 unspecified atom stereocenters. The van der Waals surface area contributed by atoms with Gasteiger partial charge in [0.25, 0.3) is 5.91 Å². The molecule has 0 bridgehead atoms. The van der Waals surface area contributed by atoms with E-state index < -0.39 is 40.6 Å². The van der Waals surface area contributed by atoms with Crippen molar-refractivity contribution in [3.63, 3.8) is 0 Å². The van der Waals surface area contributed by atoms with Gasteiger partial charge in [-0.15, -0.1) is 0 Å². The fourth-order valence-corrected chi connectivity index (χ4v) is 3.42. The van der Waals surface area contributed by atoms with Gasteiger partial charge in [-0.05, 0) is 43.3 Å². The molecule has 0 aliphatic heterocycles. The SMILES string of the molecule is CC(=O)c1c(-c2cccc(NC(=O)c3c(F)cccc3F)c2)nn2cc(C(F)(F)F)ccc12. The van der Waals surface area contributed by atoms with Gasteiger partial charge in [0, 0.05) is 17.4 Å². The predicted molar refractivity (Wildman–Crippen MR) is 110 cm³/mol. The highest BCUT2D eigenvalue weighted by Crippen LogP contribution is 2.33. The summed E-state index contributed by atoms with van der Waals surface area (Å²) in [5, 5.41) is 6.52. The van der Waals surface area contributed by atoms with Crippen molar-refractivity contribution >= 4 is 22.9 Å². The highest BCUT2D eigenvalue weighted by atomic mass is 19.4. The zero-order chi connectivity index (χ0) is 23.9. The van der Waals surface area contributed by atoms with Gasteiger partial charge in [-0.3, -0.25) is 9.59 Å². The molecule has 1 N–H and O–H groups in total. The number of pyridine rings is 1. The Balaban J connectivity index is 1.76. The Kier molecular flexibility index (Phi) is 5.44. The summed E-state index contributed by atoms with van der Waals surface area (Å²) in [5.41, 5.74) is -0.894. The molecule has 0 fully saturated rings. The summed E-state index contributed by atoms with van der Waals surface area (Å²) in [6, 6.07) is 10.9. The standard InChI is InChI=1S/C23H14F5N3O2/c1-12(32)19-18-9-8-14(23(26,27)28)11-31(18)30-21(19)13-4-2-5-15(10-13)29-22(33)20-16(24)6-3-7-17(20)25/h2-11H,1H3,(H,29,33). The van der Waals surface area contributed by atoms with Crippen molar-refractivity contribution in [1.82, 2.24) is 9.61 Å². The Bertz CT molecular complexity index is 1390. The third kappa shape index (κ3) is 4.19. The van der Waals surface area contributed by atoms with Crippen LogP contribution in [0.4, 0.5) is 27.6 Å². The number of rotatable bonds is 4. The zero-order valence-electron chi connectivity index (χ0n) is 16.9. The average Bonchev–Trinajstić information content (AvgIpc) is 3.12. The summed E-state index contributed by atoms with van der Waals surface area (Å²) < 4.78 is 68.0. The molecular weight excluding hydrogens is 445 g/mol. The van der Waals surface area contributed by atoms with Crippen LogP contribution >= 0.6 is 0 Å². The van der Waals surface area contributed by atoms with E-state index in [4.69, 9.17) is 0 Å². The predicted octanol–water partition coefficient (Wildman–Crippen LogP) is 5.75. The number of anilines is 1. The number of amides is 1. The number of aromatic nitrogens is 2. The smallest absolute Gasteiger partial charge is 0.322 e. The van der Waals surface area contributed by atoms with Crippen LogP contribution in [0.15, 0.2) is 60.8 Å². The molecule has 4 rings (SSSR count). The molecule has 5 nitrogen and oxygen atoms in total. The number of nitrogens with zero attached hydrogens (tertiary/aromatic N) is 2.